The molecule has 2 rings (SSSR count). The van der Waals surface area contributed by atoms with Gasteiger partial charge in [0.1, 0.15) is 0 Å². The van der Waals surface area contributed by atoms with E-state index in [-0.39, 0.29) is 6.03 Å². The summed E-state index contributed by atoms with van der Waals surface area (Å²) in [4.78, 5) is 16.5. The number of nitrogens with zero attached hydrogens (tertiary/aromatic N) is 2. The van der Waals surface area contributed by atoms with Gasteiger partial charge >= 0.3 is 6.03 Å². The summed E-state index contributed by atoms with van der Waals surface area (Å²) in [5, 5.41) is 3.50. The summed E-state index contributed by atoms with van der Waals surface area (Å²) in [6.45, 7) is 3.52. The summed E-state index contributed by atoms with van der Waals surface area (Å²) < 4.78 is 0. The highest BCUT2D eigenvalue weighted by Gasteiger charge is 2.21. The Bertz CT molecular complexity index is 486. The van der Waals surface area contributed by atoms with Crippen LogP contribution in [-0.4, -0.2) is 53.5 Å². The third-order valence-electron chi connectivity index (χ3n) is 3.13. The first-order chi connectivity index (χ1) is 9.54. The van der Waals surface area contributed by atoms with Gasteiger partial charge in [0.2, 0.25) is 0 Å². The van der Waals surface area contributed by atoms with Gasteiger partial charge in [-0.3, -0.25) is 4.90 Å². The van der Waals surface area contributed by atoms with E-state index in [0.717, 1.165) is 18.8 Å². The fourth-order valence-corrected chi connectivity index (χ4v) is 2.37. The number of carbonyl (C=O) groups excluding carboxylic acids is 1. The lowest BCUT2D eigenvalue weighted by molar-refractivity contribution is 0.158. The summed E-state index contributed by atoms with van der Waals surface area (Å²) in [5.41, 5.74) is 6.26. The normalized spacial score (nSPS) is 15.9. The van der Waals surface area contributed by atoms with Gasteiger partial charge in [-0.2, -0.15) is 0 Å². The van der Waals surface area contributed by atoms with Gasteiger partial charge < -0.3 is 16.0 Å². The third kappa shape index (κ3) is 4.33. The van der Waals surface area contributed by atoms with Crippen LogP contribution in [0.5, 0.6) is 0 Å². The van der Waals surface area contributed by atoms with E-state index in [1.165, 1.54) is 0 Å². The number of benzene rings is 1. The number of carbonyl (C=O) groups is 1. The van der Waals surface area contributed by atoms with E-state index in [1.54, 1.807) is 29.2 Å². The van der Waals surface area contributed by atoms with Crippen LogP contribution < -0.4 is 11.1 Å². The Morgan fingerprint density at radius 3 is 2.40 bits per heavy atom. The molecule has 0 atom stereocenters. The van der Waals surface area contributed by atoms with Crippen LogP contribution in [-0.2, 0) is 0 Å². The lowest BCUT2D eigenvalue weighted by Crippen LogP contribution is -2.51. The summed E-state index contributed by atoms with van der Waals surface area (Å²) in [6, 6.07) is 6.96. The monoisotopic (exact) mass is 312 g/mol. The van der Waals surface area contributed by atoms with Gasteiger partial charge in [0, 0.05) is 43.4 Å². The number of thiocarbonyl (C=S) groups is 1. The number of piperazine rings is 1. The standard InChI is InChI=1S/C13H17ClN4OS/c14-10-1-3-11(4-2-10)16-13(19)18-7-5-17(6-8-18)9-12(15)20/h1-4H,5-9H2,(H2,15,20)(H,16,19). The lowest BCUT2D eigenvalue weighted by atomic mass is 10.3. The van der Waals surface area contributed by atoms with Crippen LogP contribution in [0.2, 0.25) is 5.02 Å². The third-order valence-corrected chi connectivity index (χ3v) is 3.52. The molecule has 3 N–H and O–H groups in total. The number of nitrogens with one attached hydrogen (secondary N) is 1. The molecule has 0 aromatic heterocycles. The van der Waals surface area contributed by atoms with Crippen LogP contribution in [0.4, 0.5) is 10.5 Å². The quantitative estimate of drug-likeness (QED) is 0.835. The number of urea groups is 1. The van der Waals surface area contributed by atoms with E-state index in [0.29, 0.717) is 29.6 Å². The van der Waals surface area contributed by atoms with Crippen molar-refractivity contribution in [2.45, 2.75) is 0 Å². The van der Waals surface area contributed by atoms with Gasteiger partial charge in [-0.25, -0.2) is 4.79 Å². The van der Waals surface area contributed by atoms with Crippen molar-refractivity contribution < 1.29 is 4.79 Å². The molecular weight excluding hydrogens is 296 g/mol. The molecule has 1 saturated heterocycles. The number of anilines is 1. The average Bonchev–Trinajstić information content (AvgIpc) is 2.41. The maximum Gasteiger partial charge on any atom is 0.321 e. The van der Waals surface area contributed by atoms with Gasteiger partial charge in [0.25, 0.3) is 0 Å². The first-order valence-electron chi connectivity index (χ1n) is 6.37. The van der Waals surface area contributed by atoms with Crippen molar-refractivity contribution in [2.75, 3.05) is 38.0 Å². The number of nitrogens with two attached hydrogens (primary N) is 1. The highest BCUT2D eigenvalue weighted by atomic mass is 35.5. The molecule has 2 amide bonds. The van der Waals surface area contributed by atoms with Crippen LogP contribution in [0.1, 0.15) is 0 Å². The smallest absolute Gasteiger partial charge is 0.321 e. The molecule has 1 aliphatic heterocycles. The predicted molar refractivity (Wildman–Crippen MR) is 85.3 cm³/mol. The zero-order valence-electron chi connectivity index (χ0n) is 11.0. The predicted octanol–water partition coefficient (Wildman–Crippen LogP) is 1.78. The van der Waals surface area contributed by atoms with Crippen molar-refractivity contribution >= 4 is 40.5 Å². The maximum atomic E-state index is 12.1. The van der Waals surface area contributed by atoms with E-state index in [2.05, 4.69) is 10.2 Å². The summed E-state index contributed by atoms with van der Waals surface area (Å²) in [6.07, 6.45) is 0. The minimum atomic E-state index is -0.0951. The van der Waals surface area contributed by atoms with Gasteiger partial charge in [-0.15, -0.1) is 0 Å². The van der Waals surface area contributed by atoms with E-state index < -0.39 is 0 Å². The fraction of sp³-hybridized carbons (Fsp3) is 0.385. The molecule has 0 unspecified atom stereocenters. The summed E-state index contributed by atoms with van der Waals surface area (Å²) in [7, 11) is 0. The van der Waals surface area contributed by atoms with Crippen molar-refractivity contribution in [3.8, 4) is 0 Å². The zero-order chi connectivity index (χ0) is 14.5. The second kappa shape index (κ2) is 6.88. The van der Waals surface area contributed by atoms with Crippen LogP contribution in [0.15, 0.2) is 24.3 Å². The number of hydrogen-bond acceptors (Lipinski definition) is 3. The molecule has 0 bridgehead atoms. The Kier molecular flexibility index (Phi) is 5.17. The SMILES string of the molecule is NC(=S)CN1CCN(C(=O)Nc2ccc(Cl)cc2)CC1. The second-order valence-corrected chi connectivity index (χ2v) is 5.63. The van der Waals surface area contributed by atoms with Gasteiger partial charge in [0.05, 0.1) is 4.99 Å². The van der Waals surface area contributed by atoms with Crippen LogP contribution in [0, 0.1) is 0 Å². The first kappa shape index (κ1) is 15.0. The van der Waals surface area contributed by atoms with Crippen LogP contribution in [0.25, 0.3) is 0 Å². The molecular formula is C13H17ClN4OS. The van der Waals surface area contributed by atoms with Crippen molar-refractivity contribution in [1.82, 2.24) is 9.80 Å². The first-order valence-corrected chi connectivity index (χ1v) is 7.15. The molecule has 1 aromatic rings. The molecule has 7 heteroatoms. The Labute approximate surface area is 128 Å². The molecule has 0 radical (unpaired) electrons. The Morgan fingerprint density at radius 1 is 1.25 bits per heavy atom. The average molecular weight is 313 g/mol. The molecule has 108 valence electrons. The van der Waals surface area contributed by atoms with E-state index >= 15 is 0 Å². The molecule has 1 fully saturated rings. The second-order valence-electron chi connectivity index (χ2n) is 4.67. The minimum Gasteiger partial charge on any atom is -0.392 e. The van der Waals surface area contributed by atoms with Crippen molar-refractivity contribution in [3.05, 3.63) is 29.3 Å². The Balaban J connectivity index is 1.82. The highest BCUT2D eigenvalue weighted by molar-refractivity contribution is 7.80. The Hall–Kier alpha value is -1.37. The van der Waals surface area contributed by atoms with Crippen molar-refractivity contribution in [2.24, 2.45) is 5.73 Å². The molecule has 1 heterocycles. The maximum absolute atomic E-state index is 12.1. The number of amides is 2. The molecule has 0 spiro atoms. The van der Waals surface area contributed by atoms with E-state index in [4.69, 9.17) is 29.6 Å². The van der Waals surface area contributed by atoms with Gasteiger partial charge in [-0.05, 0) is 24.3 Å². The number of rotatable bonds is 3. The molecule has 20 heavy (non-hydrogen) atoms. The van der Waals surface area contributed by atoms with Gasteiger partial charge in [-0.1, -0.05) is 23.8 Å². The van der Waals surface area contributed by atoms with Crippen molar-refractivity contribution in [1.29, 1.82) is 0 Å². The number of halogens is 1. The zero-order valence-corrected chi connectivity index (χ0v) is 12.6. The minimum absolute atomic E-state index is 0.0951. The van der Waals surface area contributed by atoms with Crippen molar-refractivity contribution in [3.63, 3.8) is 0 Å². The van der Waals surface area contributed by atoms with E-state index in [9.17, 15) is 4.79 Å². The largest absolute Gasteiger partial charge is 0.392 e. The lowest BCUT2D eigenvalue weighted by Gasteiger charge is -2.34. The summed E-state index contributed by atoms with van der Waals surface area (Å²) >= 11 is 10.7. The Morgan fingerprint density at radius 2 is 1.85 bits per heavy atom. The summed E-state index contributed by atoms with van der Waals surface area (Å²) in [5.74, 6) is 0. The molecule has 5 nitrogen and oxygen atoms in total. The molecule has 1 aromatic carbocycles. The van der Waals surface area contributed by atoms with Gasteiger partial charge in [0.15, 0.2) is 0 Å². The molecule has 0 aliphatic carbocycles. The fourth-order valence-electron chi connectivity index (χ4n) is 2.07. The highest BCUT2D eigenvalue weighted by Crippen LogP contribution is 2.14. The number of hydrogen-bond donors (Lipinski definition) is 2. The molecule has 0 saturated carbocycles. The van der Waals surface area contributed by atoms with Crippen LogP contribution in [0.3, 0.4) is 0 Å². The molecule has 1 aliphatic rings. The van der Waals surface area contributed by atoms with E-state index in [1.807, 2.05) is 0 Å². The van der Waals surface area contributed by atoms with Crippen LogP contribution >= 0.6 is 23.8 Å². The topological polar surface area (TPSA) is 61.6 Å².